The van der Waals surface area contributed by atoms with Gasteiger partial charge < -0.3 is 10.4 Å². The Morgan fingerprint density at radius 3 is 2.24 bits per heavy atom. The Balaban J connectivity index is 2.08. The Hall–Kier alpha value is -1.32. The van der Waals surface area contributed by atoms with Crippen molar-refractivity contribution in [3.05, 3.63) is 0 Å². The zero-order valence-electron chi connectivity index (χ0n) is 10.8. The smallest absolute Gasteiger partial charge is 0.471 e. The van der Waals surface area contributed by atoms with Gasteiger partial charge in [0.25, 0.3) is 0 Å². The minimum Gasteiger partial charge on any atom is -0.481 e. The Labute approximate surface area is 118 Å². The van der Waals surface area contributed by atoms with Crippen molar-refractivity contribution in [1.82, 2.24) is 5.32 Å². The molecule has 2 aliphatic rings. The Kier molecular flexibility index (Phi) is 3.71. The summed E-state index contributed by atoms with van der Waals surface area (Å²) in [6.07, 6.45) is -5.50. The van der Waals surface area contributed by atoms with Crippen LogP contribution in [0.25, 0.3) is 0 Å². The minimum atomic E-state index is -5.02. The SMILES string of the molecule is O=C(O)C1CC2(CC(NC(=O)C(F)(F)F)CCS2(=O)=O)C1. The number of hydrogen-bond donors (Lipinski definition) is 2. The molecule has 1 heterocycles. The van der Waals surface area contributed by atoms with E-state index in [4.69, 9.17) is 5.11 Å². The lowest BCUT2D eigenvalue weighted by atomic mass is 9.70. The third-order valence-electron chi connectivity index (χ3n) is 4.19. The van der Waals surface area contributed by atoms with Gasteiger partial charge in [-0.05, 0) is 25.7 Å². The van der Waals surface area contributed by atoms with E-state index < -0.39 is 44.6 Å². The van der Waals surface area contributed by atoms with Crippen molar-refractivity contribution >= 4 is 21.7 Å². The fourth-order valence-corrected chi connectivity index (χ4v) is 5.41. The van der Waals surface area contributed by atoms with Gasteiger partial charge in [0.1, 0.15) is 0 Å². The van der Waals surface area contributed by atoms with Crippen molar-refractivity contribution in [1.29, 1.82) is 0 Å². The maximum Gasteiger partial charge on any atom is 0.471 e. The van der Waals surface area contributed by atoms with Gasteiger partial charge in [0.15, 0.2) is 9.84 Å². The summed E-state index contributed by atoms with van der Waals surface area (Å²) in [5.41, 5.74) is 0. The van der Waals surface area contributed by atoms with Crippen LogP contribution in [0.1, 0.15) is 25.7 Å². The molecular weight excluding hydrogens is 315 g/mol. The number of carbonyl (C=O) groups is 2. The zero-order valence-corrected chi connectivity index (χ0v) is 11.6. The molecule has 0 aromatic heterocycles. The summed E-state index contributed by atoms with van der Waals surface area (Å²) >= 11 is 0. The van der Waals surface area contributed by atoms with Gasteiger partial charge in [-0.2, -0.15) is 13.2 Å². The van der Waals surface area contributed by atoms with E-state index in [2.05, 4.69) is 0 Å². The van der Waals surface area contributed by atoms with E-state index in [1.54, 1.807) is 5.32 Å². The summed E-state index contributed by atoms with van der Waals surface area (Å²) in [6, 6.07) is -0.905. The fraction of sp³-hybridized carbons (Fsp3) is 0.818. The monoisotopic (exact) mass is 329 g/mol. The van der Waals surface area contributed by atoms with Crippen molar-refractivity contribution in [3.8, 4) is 0 Å². The molecule has 1 spiro atoms. The molecular formula is C11H14F3NO5S. The second-order valence-electron chi connectivity index (χ2n) is 5.61. The summed E-state index contributed by atoms with van der Waals surface area (Å²) in [5.74, 6) is -4.35. The normalized spacial score (nSPS) is 35.0. The summed E-state index contributed by atoms with van der Waals surface area (Å²) in [7, 11) is -3.55. The number of amides is 1. The highest BCUT2D eigenvalue weighted by Crippen LogP contribution is 2.50. The first-order valence-corrected chi connectivity index (χ1v) is 7.95. The number of nitrogens with one attached hydrogen (secondary N) is 1. The second kappa shape index (κ2) is 4.85. The molecule has 2 N–H and O–H groups in total. The van der Waals surface area contributed by atoms with Gasteiger partial charge in [0.05, 0.1) is 16.4 Å². The first-order chi connectivity index (χ1) is 9.47. The Morgan fingerprint density at radius 2 is 1.76 bits per heavy atom. The van der Waals surface area contributed by atoms with E-state index in [0.29, 0.717) is 0 Å². The molecule has 6 nitrogen and oxygen atoms in total. The Morgan fingerprint density at radius 1 is 1.19 bits per heavy atom. The standard InChI is InChI=1S/C11H14F3NO5S/c12-11(13,14)9(18)15-7-1-2-21(19,20)10(5-7)3-6(4-10)8(16)17/h6-7H,1-5H2,(H,15,18)(H,16,17). The molecule has 1 atom stereocenters. The number of carboxylic acid groups (broad SMARTS) is 1. The molecule has 0 aromatic carbocycles. The predicted octanol–water partition coefficient (Wildman–Crippen LogP) is 0.476. The number of carbonyl (C=O) groups excluding carboxylic acids is 1. The molecule has 10 heteroatoms. The van der Waals surface area contributed by atoms with Gasteiger partial charge in [-0.1, -0.05) is 0 Å². The van der Waals surface area contributed by atoms with Gasteiger partial charge in [0, 0.05) is 6.04 Å². The van der Waals surface area contributed by atoms with Crippen LogP contribution in [0.2, 0.25) is 0 Å². The van der Waals surface area contributed by atoms with E-state index in [0.717, 1.165) is 0 Å². The van der Waals surface area contributed by atoms with Crippen molar-refractivity contribution in [3.63, 3.8) is 0 Å². The van der Waals surface area contributed by atoms with Gasteiger partial charge >= 0.3 is 18.1 Å². The molecule has 0 bridgehead atoms. The number of rotatable bonds is 2. The van der Waals surface area contributed by atoms with E-state index in [1.165, 1.54) is 0 Å². The highest BCUT2D eigenvalue weighted by atomic mass is 32.2. The Bertz CT molecular complexity index is 565. The van der Waals surface area contributed by atoms with Crippen molar-refractivity contribution < 1.29 is 36.3 Å². The van der Waals surface area contributed by atoms with Crippen LogP contribution in [0.5, 0.6) is 0 Å². The first-order valence-electron chi connectivity index (χ1n) is 6.30. The summed E-state index contributed by atoms with van der Waals surface area (Å²) in [6.45, 7) is 0. The quantitative estimate of drug-likeness (QED) is 0.767. The third-order valence-corrected chi connectivity index (χ3v) is 6.78. The zero-order chi connectivity index (χ0) is 16.1. The van der Waals surface area contributed by atoms with Crippen molar-refractivity contribution in [2.24, 2.45) is 5.92 Å². The summed E-state index contributed by atoms with van der Waals surface area (Å²) in [5, 5.41) is 10.6. The van der Waals surface area contributed by atoms with Crippen molar-refractivity contribution in [2.75, 3.05) is 5.75 Å². The van der Waals surface area contributed by atoms with E-state index in [1.807, 2.05) is 0 Å². The number of sulfone groups is 1. The van der Waals surface area contributed by atoms with Gasteiger partial charge in [-0.25, -0.2) is 8.42 Å². The number of alkyl halides is 3. The number of aliphatic carboxylic acids is 1. The maximum absolute atomic E-state index is 12.2. The van der Waals surface area contributed by atoms with Crippen LogP contribution < -0.4 is 5.32 Å². The topological polar surface area (TPSA) is 101 Å². The highest BCUT2D eigenvalue weighted by Gasteiger charge is 2.59. The van der Waals surface area contributed by atoms with Crippen LogP contribution in [0.15, 0.2) is 0 Å². The number of hydrogen-bond acceptors (Lipinski definition) is 4. The van der Waals surface area contributed by atoms with Gasteiger partial charge in [0.2, 0.25) is 0 Å². The molecule has 1 unspecified atom stereocenters. The molecule has 2 rings (SSSR count). The third kappa shape index (κ3) is 2.85. The molecule has 1 saturated heterocycles. The molecule has 21 heavy (non-hydrogen) atoms. The van der Waals surface area contributed by atoms with Gasteiger partial charge in [-0.15, -0.1) is 0 Å². The largest absolute Gasteiger partial charge is 0.481 e. The van der Waals surface area contributed by atoms with Crippen molar-refractivity contribution in [2.45, 2.75) is 42.6 Å². The average molecular weight is 329 g/mol. The molecule has 1 aliphatic carbocycles. The minimum absolute atomic E-state index is 0.0936. The fourth-order valence-electron chi connectivity index (χ4n) is 3.02. The molecule has 0 aromatic rings. The van der Waals surface area contributed by atoms with Crippen LogP contribution >= 0.6 is 0 Å². The maximum atomic E-state index is 12.2. The second-order valence-corrected chi connectivity index (χ2v) is 8.11. The summed E-state index contributed by atoms with van der Waals surface area (Å²) in [4.78, 5) is 21.7. The van der Waals surface area contributed by atoms with Crippen LogP contribution in [0.3, 0.4) is 0 Å². The van der Waals surface area contributed by atoms with E-state index in [9.17, 15) is 31.2 Å². The van der Waals surface area contributed by atoms with Crippen LogP contribution in [-0.4, -0.2) is 48.1 Å². The number of carboxylic acids is 1. The average Bonchev–Trinajstić information content (AvgIpc) is 2.26. The first kappa shape index (κ1) is 16.1. The number of halogens is 3. The molecule has 120 valence electrons. The van der Waals surface area contributed by atoms with Crippen LogP contribution in [-0.2, 0) is 19.4 Å². The van der Waals surface area contributed by atoms with E-state index in [-0.39, 0.29) is 31.4 Å². The highest BCUT2D eigenvalue weighted by molar-refractivity contribution is 7.92. The lowest BCUT2D eigenvalue weighted by Gasteiger charge is -2.49. The van der Waals surface area contributed by atoms with Crippen LogP contribution in [0, 0.1) is 5.92 Å². The molecule has 0 radical (unpaired) electrons. The summed E-state index contributed by atoms with van der Waals surface area (Å²) < 4.78 is 59.4. The molecule has 2 fully saturated rings. The predicted molar refractivity (Wildman–Crippen MR) is 64.1 cm³/mol. The molecule has 1 saturated carbocycles. The lowest BCUT2D eigenvalue weighted by Crippen LogP contribution is -2.60. The van der Waals surface area contributed by atoms with Crippen LogP contribution in [0.4, 0.5) is 13.2 Å². The molecule has 1 aliphatic heterocycles. The molecule has 1 amide bonds. The lowest BCUT2D eigenvalue weighted by molar-refractivity contribution is -0.174. The van der Waals surface area contributed by atoms with Gasteiger partial charge in [-0.3, -0.25) is 9.59 Å². The van der Waals surface area contributed by atoms with E-state index >= 15 is 0 Å².